The highest BCUT2D eigenvalue weighted by Gasteiger charge is 2.61. The van der Waals surface area contributed by atoms with Crippen molar-refractivity contribution in [3.63, 3.8) is 0 Å². The summed E-state index contributed by atoms with van der Waals surface area (Å²) in [5.74, 6) is -3.20. The lowest BCUT2D eigenvalue weighted by Gasteiger charge is -2.27. The van der Waals surface area contributed by atoms with E-state index >= 15 is 0 Å². The van der Waals surface area contributed by atoms with Gasteiger partial charge in [-0.25, -0.2) is 9.65 Å². The first kappa shape index (κ1) is 59.8. The lowest BCUT2D eigenvalue weighted by Crippen LogP contribution is -2.60. The van der Waals surface area contributed by atoms with Gasteiger partial charge in [0, 0.05) is 33.0 Å². The van der Waals surface area contributed by atoms with E-state index in [1.165, 1.54) is 0 Å². The Bertz CT molecular complexity index is 2030. The van der Waals surface area contributed by atoms with E-state index in [-0.39, 0.29) is 70.3 Å². The summed E-state index contributed by atoms with van der Waals surface area (Å²) in [4.78, 5) is 59.5. The Hall–Kier alpha value is -4.78. The summed E-state index contributed by atoms with van der Waals surface area (Å²) in [5, 5.41) is 24.4. The maximum absolute atomic E-state index is 14.5. The van der Waals surface area contributed by atoms with Crippen LogP contribution in [0.25, 0.3) is 0 Å². The van der Waals surface area contributed by atoms with Crippen molar-refractivity contribution in [2.45, 2.75) is 82.5 Å². The normalized spacial score (nSPS) is 22.7. The highest BCUT2D eigenvalue weighted by molar-refractivity contribution is 7.55. The van der Waals surface area contributed by atoms with Gasteiger partial charge in [-0.3, -0.25) is 33.8 Å². The van der Waals surface area contributed by atoms with Gasteiger partial charge in [-0.15, -0.1) is 0 Å². The number of phenols is 1. The number of nitrogens with one attached hydrogen (secondary N) is 5. The summed E-state index contributed by atoms with van der Waals surface area (Å²) in [5.41, 5.74) is 19.7. The minimum Gasteiger partial charge on any atom is -0.508 e. The fourth-order valence-corrected chi connectivity index (χ4v) is 9.30. The third-order valence-corrected chi connectivity index (χ3v) is 13.6. The number of amides is 4. The Labute approximate surface area is 422 Å². The monoisotopic (exact) mass is 1040 g/mol. The number of nitrogens with two attached hydrogens (primary N) is 3. The van der Waals surface area contributed by atoms with Gasteiger partial charge in [0.1, 0.15) is 23.4 Å². The quantitative estimate of drug-likeness (QED) is 0.0393. The number of methoxy groups -OCH3 is 1. The maximum Gasteiger partial charge on any atom is 0.368 e. The average Bonchev–Trinajstić information content (AvgIpc) is 4.05. The summed E-state index contributed by atoms with van der Waals surface area (Å²) in [6, 6.07) is 8.82. The second-order valence-corrected chi connectivity index (χ2v) is 19.4. The van der Waals surface area contributed by atoms with Crippen molar-refractivity contribution in [2.75, 3.05) is 113 Å². The lowest BCUT2D eigenvalue weighted by molar-refractivity contribution is -0.134. The molecular formula is C48H78N9O14P. The summed E-state index contributed by atoms with van der Waals surface area (Å²) >= 11 is 0. The zero-order valence-corrected chi connectivity index (χ0v) is 42.9. The molecule has 4 rings (SSSR count). The zero-order valence-electron chi connectivity index (χ0n) is 42.0. The molecule has 23 nitrogen and oxygen atoms in total. The Balaban J connectivity index is 1.33. The third kappa shape index (κ3) is 21.7. The molecule has 72 heavy (non-hydrogen) atoms. The Morgan fingerprint density at radius 2 is 1.39 bits per heavy atom. The maximum atomic E-state index is 14.5. The highest BCUT2D eigenvalue weighted by Crippen LogP contribution is 2.47. The summed E-state index contributed by atoms with van der Waals surface area (Å²) in [6.45, 7) is 8.92. The molecule has 1 saturated carbocycles. The van der Waals surface area contributed by atoms with Gasteiger partial charge in [0.25, 0.3) is 0 Å². The van der Waals surface area contributed by atoms with Crippen molar-refractivity contribution in [1.82, 2.24) is 26.1 Å². The number of ether oxygens (including phenoxy) is 7. The molecule has 404 valence electrons. The Morgan fingerprint density at radius 3 is 1.94 bits per heavy atom. The number of rotatable bonds is 29. The first-order valence-electron chi connectivity index (χ1n) is 24.5. The topological polar surface area (TPSA) is 330 Å². The van der Waals surface area contributed by atoms with Crippen LogP contribution in [0.5, 0.6) is 5.75 Å². The van der Waals surface area contributed by atoms with E-state index in [2.05, 4.69) is 31.1 Å². The third-order valence-electron chi connectivity index (χ3n) is 11.9. The predicted molar refractivity (Wildman–Crippen MR) is 268 cm³/mol. The van der Waals surface area contributed by atoms with Crippen molar-refractivity contribution < 1.29 is 66.5 Å². The molecule has 0 bridgehead atoms. The number of aliphatic imine (C=N–C) groups is 1. The molecule has 2 aromatic carbocycles. The second-order valence-electron chi connectivity index (χ2n) is 17.5. The van der Waals surface area contributed by atoms with Gasteiger partial charge >= 0.3 is 7.67 Å². The average molecular weight is 1040 g/mol. The van der Waals surface area contributed by atoms with Crippen molar-refractivity contribution in [1.29, 1.82) is 0 Å². The molecule has 0 aromatic heterocycles. The van der Waals surface area contributed by atoms with Crippen LogP contribution < -0.4 is 43.3 Å². The summed E-state index contributed by atoms with van der Waals surface area (Å²) in [7, 11) is -2.27. The molecule has 2 unspecified atom stereocenters. The molecule has 12 N–H and O–H groups in total. The largest absolute Gasteiger partial charge is 0.508 e. The van der Waals surface area contributed by atoms with Gasteiger partial charge in [-0.2, -0.15) is 0 Å². The molecule has 0 saturated heterocycles. The Morgan fingerprint density at radius 1 is 0.833 bits per heavy atom. The van der Waals surface area contributed by atoms with Crippen LogP contribution in [-0.4, -0.2) is 171 Å². The van der Waals surface area contributed by atoms with E-state index in [0.29, 0.717) is 109 Å². The minimum absolute atomic E-state index is 0.0195. The number of nitrogens with zero attached hydrogens (tertiary/aromatic N) is 1. The molecule has 6 atom stereocenters. The van der Waals surface area contributed by atoms with Crippen LogP contribution in [0.4, 0.5) is 0 Å². The fourth-order valence-electron chi connectivity index (χ4n) is 7.91. The number of carbonyl (C=O) groups is 4. The van der Waals surface area contributed by atoms with Crippen molar-refractivity contribution >= 4 is 37.3 Å². The predicted octanol–water partition coefficient (Wildman–Crippen LogP) is 0.390. The van der Waals surface area contributed by atoms with Crippen LogP contribution in [-0.2, 0) is 74.3 Å². The molecule has 1 heterocycles. The van der Waals surface area contributed by atoms with E-state index < -0.39 is 60.9 Å². The van der Waals surface area contributed by atoms with Crippen LogP contribution >= 0.6 is 7.67 Å². The molecule has 2 aromatic rings. The molecule has 1 aliphatic heterocycles. The van der Waals surface area contributed by atoms with E-state index in [4.69, 9.17) is 54.9 Å². The van der Waals surface area contributed by atoms with Crippen molar-refractivity contribution in [3.05, 3.63) is 64.7 Å². The number of aryl methyl sites for hydroxylation is 2. The minimum atomic E-state index is -3.89. The molecule has 4 amide bonds. The smallest absolute Gasteiger partial charge is 0.368 e. The number of primary amides is 1. The van der Waals surface area contributed by atoms with Gasteiger partial charge in [-0.05, 0) is 86.3 Å². The lowest BCUT2D eigenvalue weighted by atomic mass is 9.94. The molecule has 2 aliphatic rings. The SMILES string of the molecule is COCCOCCOCCOCCOCCOCCOCCOP1(=O)NCCC[C@@H]2CC2(C(=O)N[C@@H](Cc2ccccc2)C(N)=O)NC(=O)[C@H](Cc2c(C)cc(O)cc2C)NC(=O)[C@H](N)CCCN=C(N)N1. The van der Waals surface area contributed by atoms with E-state index in [9.17, 15) is 28.8 Å². The number of aromatic hydroxyl groups is 1. The van der Waals surface area contributed by atoms with Crippen molar-refractivity contribution in [2.24, 2.45) is 28.1 Å². The molecule has 1 fully saturated rings. The highest BCUT2D eigenvalue weighted by atomic mass is 31.2. The van der Waals surface area contributed by atoms with Gasteiger partial charge in [0.2, 0.25) is 23.6 Å². The van der Waals surface area contributed by atoms with Crippen LogP contribution in [0.2, 0.25) is 0 Å². The van der Waals surface area contributed by atoms with Crippen LogP contribution in [0.15, 0.2) is 47.5 Å². The number of fused-ring (bicyclic) bond motifs is 1. The standard InChI is InChI=1S/C48H78N9O14P/c1-34-29-38(58)30-35(2)39(34)32-42-45(61)56-48(46(62)55-41(43(50)59)31-36-9-5-4-6-10-36)33-37(48)11-7-14-53-72(63,57-47(51)52-13-8-12-40(49)44(60)54-42)71-28-27-70-26-25-69-24-23-68-22-21-67-20-19-66-18-17-65-16-15-64-3/h4-6,9-10,29-30,37,40-42,58H,7-8,11-28,31-33,49H2,1-3H3,(H2,50,59)(H,54,60)(H,55,62)(H,56,61)(H4,51,52,53,57,63)/t37-,40-,41+,42+,48?,72?/m1/s1. The van der Waals surface area contributed by atoms with Gasteiger partial charge in [-0.1, -0.05) is 30.3 Å². The molecular weight excluding hydrogens is 958 g/mol. The number of hydrogen-bond donors (Lipinski definition) is 9. The van der Waals surface area contributed by atoms with Gasteiger partial charge in [0.15, 0.2) is 5.96 Å². The van der Waals surface area contributed by atoms with E-state index in [1.807, 2.05) is 18.2 Å². The van der Waals surface area contributed by atoms with E-state index in [1.54, 1.807) is 45.2 Å². The molecule has 1 aliphatic carbocycles. The Kier molecular flexibility index (Phi) is 26.9. The molecule has 24 heteroatoms. The summed E-state index contributed by atoms with van der Waals surface area (Å²) in [6.07, 6.45) is 1.49. The zero-order chi connectivity index (χ0) is 52.2. The fraction of sp³-hybridized carbons (Fsp3) is 0.646. The van der Waals surface area contributed by atoms with Crippen molar-refractivity contribution in [3.8, 4) is 5.75 Å². The van der Waals surface area contributed by atoms with E-state index in [0.717, 1.165) is 5.56 Å². The van der Waals surface area contributed by atoms with Gasteiger partial charge in [0.05, 0.1) is 98.5 Å². The number of benzene rings is 2. The number of hydrogen-bond acceptors (Lipinski definition) is 17. The van der Waals surface area contributed by atoms with Crippen LogP contribution in [0.3, 0.4) is 0 Å². The van der Waals surface area contributed by atoms with Crippen LogP contribution in [0, 0.1) is 19.8 Å². The summed E-state index contributed by atoms with van der Waals surface area (Å²) < 4.78 is 57.8. The molecule has 0 spiro atoms. The second kappa shape index (κ2) is 32.4. The first-order chi connectivity index (χ1) is 34.7. The number of guanidine groups is 1. The molecule has 0 radical (unpaired) electrons. The number of phenolic OH excluding ortho intramolecular Hbond substituents is 1. The first-order valence-corrected chi connectivity index (χ1v) is 26.1. The number of carbonyl (C=O) groups excluding carboxylic acids is 4. The van der Waals surface area contributed by atoms with Gasteiger partial charge < -0.3 is 71.4 Å². The van der Waals surface area contributed by atoms with Crippen LogP contribution in [0.1, 0.15) is 54.4 Å².